The number of ether oxygens (including phenoxy) is 1. The van der Waals surface area contributed by atoms with Gasteiger partial charge in [-0.25, -0.2) is 4.79 Å². The molecule has 3 aliphatic rings. The first-order valence-corrected chi connectivity index (χ1v) is 10.2. The lowest BCUT2D eigenvalue weighted by Crippen LogP contribution is -2.50. The Kier molecular flexibility index (Phi) is 6.71. The number of carbonyl (C=O) groups is 3. The van der Waals surface area contributed by atoms with Crippen LogP contribution in [0.25, 0.3) is 0 Å². The summed E-state index contributed by atoms with van der Waals surface area (Å²) in [6.45, 7) is -0.212. The second-order valence-electron chi connectivity index (χ2n) is 7.10. The van der Waals surface area contributed by atoms with E-state index in [0.717, 1.165) is 25.8 Å². The van der Waals surface area contributed by atoms with Crippen LogP contribution < -0.4 is 16.0 Å². The maximum Gasteiger partial charge on any atom is 0.422 e. The predicted octanol–water partition coefficient (Wildman–Crippen LogP) is 0.781. The number of nitrogens with one attached hydrogen (secondary N) is 3. The number of alkyl halides is 3. The highest BCUT2D eigenvalue weighted by molar-refractivity contribution is 8.00. The number of imide groups is 1. The molecule has 12 heteroatoms. The van der Waals surface area contributed by atoms with Gasteiger partial charge in [-0.15, -0.1) is 11.8 Å². The second kappa shape index (κ2) is 8.87. The highest BCUT2D eigenvalue weighted by atomic mass is 32.2. The van der Waals surface area contributed by atoms with Crippen molar-refractivity contribution in [1.82, 2.24) is 20.9 Å². The fraction of sp³-hybridized carbons (Fsp3) is 0.812. The molecule has 3 aliphatic heterocycles. The zero-order valence-corrected chi connectivity index (χ0v) is 15.9. The molecular weight excluding hydrogens is 401 g/mol. The zero-order chi connectivity index (χ0) is 20.3. The van der Waals surface area contributed by atoms with Crippen LogP contribution in [-0.4, -0.2) is 72.0 Å². The highest BCUT2D eigenvalue weighted by Crippen LogP contribution is 2.31. The largest absolute Gasteiger partial charge is 0.440 e. The van der Waals surface area contributed by atoms with Gasteiger partial charge in [-0.1, -0.05) is 0 Å². The van der Waals surface area contributed by atoms with Crippen LogP contribution in [0.15, 0.2) is 0 Å². The van der Waals surface area contributed by atoms with Gasteiger partial charge in [0.15, 0.2) is 6.61 Å². The molecule has 3 saturated heterocycles. The first kappa shape index (κ1) is 21.2. The summed E-state index contributed by atoms with van der Waals surface area (Å²) in [5.41, 5.74) is 0. The Hall–Kier alpha value is -1.53. The molecule has 0 radical (unpaired) electrons. The molecule has 3 N–H and O–H groups in total. The number of amides is 3. The number of carbonyl (C=O) groups excluding carboxylic acids is 3. The van der Waals surface area contributed by atoms with Gasteiger partial charge in [0.2, 0.25) is 11.8 Å². The number of hydrogen-bond donors (Lipinski definition) is 3. The van der Waals surface area contributed by atoms with Gasteiger partial charge >= 0.3 is 12.3 Å². The van der Waals surface area contributed by atoms with Crippen molar-refractivity contribution in [3.63, 3.8) is 0 Å². The molecule has 0 bridgehead atoms. The SMILES string of the molecule is O=C(NC(=O)C1CCSC1NC(=O)C1CN2CCCCC2N1)OCC(F)(F)F. The van der Waals surface area contributed by atoms with Crippen molar-refractivity contribution in [2.75, 3.05) is 25.4 Å². The van der Waals surface area contributed by atoms with Crippen LogP contribution in [0.5, 0.6) is 0 Å². The van der Waals surface area contributed by atoms with Gasteiger partial charge in [0, 0.05) is 6.54 Å². The molecule has 3 amide bonds. The van der Waals surface area contributed by atoms with Crippen molar-refractivity contribution in [2.45, 2.75) is 49.4 Å². The highest BCUT2D eigenvalue weighted by Gasteiger charge is 2.40. The molecule has 3 heterocycles. The van der Waals surface area contributed by atoms with Crippen LogP contribution in [0.4, 0.5) is 18.0 Å². The third-order valence-corrected chi connectivity index (χ3v) is 6.32. The molecule has 28 heavy (non-hydrogen) atoms. The molecule has 0 aromatic heterocycles. The molecule has 0 saturated carbocycles. The van der Waals surface area contributed by atoms with E-state index in [9.17, 15) is 27.6 Å². The maximum atomic E-state index is 12.6. The summed E-state index contributed by atoms with van der Waals surface area (Å²) >= 11 is 1.37. The Bertz CT molecular complexity index is 607. The molecule has 4 atom stereocenters. The number of alkyl carbamates (subject to hydrolysis) is 1. The van der Waals surface area contributed by atoms with Gasteiger partial charge in [0.05, 0.1) is 17.5 Å². The normalized spacial score (nSPS) is 30.5. The summed E-state index contributed by atoms with van der Waals surface area (Å²) in [5.74, 6) is -1.09. The predicted molar refractivity (Wildman–Crippen MR) is 94.2 cm³/mol. The van der Waals surface area contributed by atoms with Gasteiger partial charge in [0.1, 0.15) is 6.04 Å². The van der Waals surface area contributed by atoms with Crippen LogP contribution in [0.1, 0.15) is 25.7 Å². The maximum absolute atomic E-state index is 12.6. The number of nitrogens with zero attached hydrogens (tertiary/aromatic N) is 1. The average molecular weight is 424 g/mol. The molecule has 0 spiro atoms. The summed E-state index contributed by atoms with van der Waals surface area (Å²) < 4.78 is 40.2. The van der Waals surface area contributed by atoms with Crippen LogP contribution in [0, 0.1) is 5.92 Å². The van der Waals surface area contributed by atoms with Crippen molar-refractivity contribution in [2.24, 2.45) is 5.92 Å². The number of fused-ring (bicyclic) bond motifs is 1. The Morgan fingerprint density at radius 1 is 1.18 bits per heavy atom. The summed E-state index contributed by atoms with van der Waals surface area (Å²) in [7, 11) is 0. The van der Waals surface area contributed by atoms with E-state index >= 15 is 0 Å². The third kappa shape index (κ3) is 5.51. The van der Waals surface area contributed by atoms with Crippen molar-refractivity contribution in [3.8, 4) is 0 Å². The Morgan fingerprint density at radius 3 is 2.68 bits per heavy atom. The van der Waals surface area contributed by atoms with Crippen molar-refractivity contribution >= 4 is 29.7 Å². The lowest BCUT2D eigenvalue weighted by atomic mass is 10.1. The molecule has 3 rings (SSSR count). The zero-order valence-electron chi connectivity index (χ0n) is 15.1. The number of halogens is 3. The third-order valence-electron chi connectivity index (χ3n) is 5.05. The lowest BCUT2D eigenvalue weighted by Gasteiger charge is -2.28. The number of piperidine rings is 1. The fourth-order valence-corrected chi connectivity index (χ4v) is 5.03. The van der Waals surface area contributed by atoms with Gasteiger partial charge in [-0.3, -0.25) is 25.1 Å². The number of rotatable bonds is 4. The quantitative estimate of drug-likeness (QED) is 0.613. The minimum absolute atomic E-state index is 0.197. The van der Waals surface area contributed by atoms with Crippen molar-refractivity contribution in [3.05, 3.63) is 0 Å². The van der Waals surface area contributed by atoms with E-state index in [1.807, 2.05) is 5.32 Å². The summed E-state index contributed by atoms with van der Waals surface area (Å²) in [6.07, 6.45) is -2.29. The Labute approximate surface area is 164 Å². The van der Waals surface area contributed by atoms with E-state index in [0.29, 0.717) is 18.7 Å². The standard InChI is InChI=1S/C16H23F3N4O4S/c17-16(18,19)8-27-15(26)22-12(24)9-4-6-28-14(9)21-13(25)10-7-23-5-2-1-3-11(23)20-10/h9-11,14,20H,1-8H2,(H,21,25)(H,22,24,26). The average Bonchev–Trinajstić information content (AvgIpc) is 3.25. The van der Waals surface area contributed by atoms with E-state index in [2.05, 4.69) is 20.3 Å². The van der Waals surface area contributed by atoms with Gasteiger partial charge in [-0.2, -0.15) is 13.2 Å². The molecule has 0 aromatic rings. The summed E-state index contributed by atoms with van der Waals surface area (Å²) in [4.78, 5) is 38.4. The van der Waals surface area contributed by atoms with Crippen LogP contribution >= 0.6 is 11.8 Å². The van der Waals surface area contributed by atoms with Crippen LogP contribution in [0.2, 0.25) is 0 Å². The second-order valence-corrected chi connectivity index (χ2v) is 8.35. The van der Waals surface area contributed by atoms with Gasteiger partial charge in [0.25, 0.3) is 0 Å². The van der Waals surface area contributed by atoms with Crippen molar-refractivity contribution < 1.29 is 32.3 Å². The van der Waals surface area contributed by atoms with Crippen LogP contribution in [-0.2, 0) is 14.3 Å². The molecule has 0 aromatic carbocycles. The summed E-state index contributed by atoms with van der Waals surface area (Å²) in [5, 5.41) is 7.41. The van der Waals surface area contributed by atoms with E-state index in [1.54, 1.807) is 0 Å². The summed E-state index contributed by atoms with van der Waals surface area (Å²) in [6, 6.07) is -0.371. The smallest absolute Gasteiger partial charge is 0.422 e. The first-order valence-electron chi connectivity index (χ1n) is 9.19. The number of hydrogen-bond acceptors (Lipinski definition) is 7. The monoisotopic (exact) mass is 424 g/mol. The molecule has 0 aliphatic carbocycles. The minimum atomic E-state index is -4.67. The Balaban J connectivity index is 1.48. The molecule has 158 valence electrons. The fourth-order valence-electron chi connectivity index (χ4n) is 3.69. The van der Waals surface area contributed by atoms with E-state index in [4.69, 9.17) is 0 Å². The molecule has 4 unspecified atom stereocenters. The minimum Gasteiger partial charge on any atom is -0.440 e. The van der Waals surface area contributed by atoms with E-state index in [1.165, 1.54) is 11.8 Å². The van der Waals surface area contributed by atoms with E-state index in [-0.39, 0.29) is 18.1 Å². The molecule has 3 fully saturated rings. The molecule has 8 nitrogen and oxygen atoms in total. The van der Waals surface area contributed by atoms with Crippen molar-refractivity contribution in [1.29, 1.82) is 0 Å². The van der Waals surface area contributed by atoms with Gasteiger partial charge in [-0.05, 0) is 38.0 Å². The van der Waals surface area contributed by atoms with E-state index < -0.39 is 36.1 Å². The van der Waals surface area contributed by atoms with Gasteiger partial charge < -0.3 is 10.1 Å². The topological polar surface area (TPSA) is 99.8 Å². The lowest BCUT2D eigenvalue weighted by molar-refractivity contribution is -0.161. The Morgan fingerprint density at radius 2 is 1.96 bits per heavy atom. The molecular formula is C16H23F3N4O4S. The van der Waals surface area contributed by atoms with Crippen LogP contribution in [0.3, 0.4) is 0 Å². The number of thioether (sulfide) groups is 1. The first-order chi connectivity index (χ1) is 13.2.